The van der Waals surface area contributed by atoms with Gasteiger partial charge in [0.25, 0.3) is 0 Å². The van der Waals surface area contributed by atoms with E-state index in [0.29, 0.717) is 0 Å². The Kier molecular flexibility index (Phi) is 4.18. The Labute approximate surface area is 177 Å². The van der Waals surface area contributed by atoms with E-state index in [4.69, 9.17) is 0 Å². The molecule has 1 heteroatoms. The summed E-state index contributed by atoms with van der Waals surface area (Å²) < 4.78 is 0. The molecule has 0 bridgehead atoms. The number of fused-ring (bicyclic) bond motifs is 4. The molecule has 0 nitrogen and oxygen atoms in total. The third-order valence-electron chi connectivity index (χ3n) is 5.99. The van der Waals surface area contributed by atoms with Crippen molar-refractivity contribution in [3.05, 3.63) is 120 Å². The minimum Gasteiger partial charge on any atom is -0.123 e. The molecule has 0 aliphatic carbocycles. The lowest BCUT2D eigenvalue weighted by Gasteiger charge is -2.08. The van der Waals surface area contributed by atoms with E-state index < -0.39 is 0 Å². The van der Waals surface area contributed by atoms with Gasteiger partial charge in [0.1, 0.15) is 0 Å². The van der Waals surface area contributed by atoms with E-state index in [1.807, 2.05) is 0 Å². The normalized spacial score (nSPS) is 11.7. The van der Waals surface area contributed by atoms with Crippen LogP contribution in [0.4, 0.5) is 0 Å². The Bertz CT molecular complexity index is 1520. The summed E-state index contributed by atoms with van der Waals surface area (Å²) in [7, 11) is 0.775. The first kappa shape index (κ1) is 17.5. The van der Waals surface area contributed by atoms with Crippen LogP contribution in [-0.2, 0) is 6.42 Å². The summed E-state index contributed by atoms with van der Waals surface area (Å²) in [4.78, 5) is 0. The van der Waals surface area contributed by atoms with Gasteiger partial charge in [0.2, 0.25) is 0 Å². The van der Waals surface area contributed by atoms with Gasteiger partial charge in [-0.25, -0.2) is 0 Å². The first-order chi connectivity index (χ1) is 14.8. The van der Waals surface area contributed by atoms with Gasteiger partial charge in [0.15, 0.2) is 0 Å². The Morgan fingerprint density at radius 1 is 0.467 bits per heavy atom. The van der Waals surface area contributed by atoms with E-state index in [2.05, 4.69) is 109 Å². The lowest BCUT2D eigenvalue weighted by atomic mass is 9.97. The van der Waals surface area contributed by atoms with Crippen molar-refractivity contribution >= 4 is 40.0 Å². The van der Waals surface area contributed by atoms with Crippen molar-refractivity contribution < 1.29 is 0 Å². The minimum atomic E-state index is 0.775. The molecule has 0 saturated carbocycles. The molecule has 1 unspecified atom stereocenters. The van der Waals surface area contributed by atoms with Crippen LogP contribution in [0.1, 0.15) is 11.1 Å². The summed E-state index contributed by atoms with van der Waals surface area (Å²) in [6, 6.07) is 40.2. The Morgan fingerprint density at radius 2 is 1.23 bits per heavy atom. The predicted molar refractivity (Wildman–Crippen MR) is 133 cm³/mol. The fraction of sp³-hybridized carbons (Fsp3) is 0.0345. The summed E-state index contributed by atoms with van der Waals surface area (Å²) in [5, 5.41) is 8.35. The van der Waals surface area contributed by atoms with Crippen molar-refractivity contribution in [1.29, 1.82) is 0 Å². The molecule has 1 heterocycles. The Hall–Kier alpha value is -3.34. The predicted octanol–water partition coefficient (Wildman–Crippen LogP) is 8.44. The van der Waals surface area contributed by atoms with Gasteiger partial charge in [-0.05, 0) is 72.6 Å². The van der Waals surface area contributed by atoms with Crippen molar-refractivity contribution in [3.8, 4) is 11.1 Å². The monoisotopic (exact) mass is 400 g/mol. The molecule has 0 amide bonds. The SMILES string of the molecule is c1cc(Cc2ccc3ccccc3c2)cc(-c2ccc3[pH]c4ccccc4c3c2)c1. The summed E-state index contributed by atoms with van der Waals surface area (Å²) in [5.74, 6) is 0. The van der Waals surface area contributed by atoms with Crippen LogP contribution in [0.15, 0.2) is 109 Å². The van der Waals surface area contributed by atoms with Gasteiger partial charge in [-0.2, -0.15) is 0 Å². The van der Waals surface area contributed by atoms with E-state index in [9.17, 15) is 0 Å². The standard InChI is InChI=1S/C29H21P/c1-2-8-23-18-21(12-13-22(23)7-1)16-20-6-5-9-24(17-20)25-14-15-29-27(19-25)26-10-3-4-11-28(26)30-29/h1-15,17-19,30H,16H2. The van der Waals surface area contributed by atoms with Crippen molar-refractivity contribution in [3.63, 3.8) is 0 Å². The highest BCUT2D eigenvalue weighted by atomic mass is 31.0. The molecule has 0 saturated heterocycles. The van der Waals surface area contributed by atoms with E-state index in [1.165, 1.54) is 54.0 Å². The summed E-state index contributed by atoms with van der Waals surface area (Å²) in [5.41, 5.74) is 5.31. The highest BCUT2D eigenvalue weighted by Gasteiger charge is 2.07. The molecule has 1 aromatic heterocycles. The fourth-order valence-electron chi connectivity index (χ4n) is 4.47. The first-order valence-corrected chi connectivity index (χ1v) is 11.4. The first-order valence-electron chi connectivity index (χ1n) is 10.4. The third-order valence-corrected chi connectivity index (χ3v) is 7.40. The van der Waals surface area contributed by atoms with Crippen LogP contribution in [0, 0.1) is 0 Å². The summed E-state index contributed by atoms with van der Waals surface area (Å²) in [6.45, 7) is 0. The van der Waals surface area contributed by atoms with Crippen LogP contribution in [0.3, 0.4) is 0 Å². The second-order valence-corrected chi connectivity index (χ2v) is 9.32. The average molecular weight is 400 g/mol. The van der Waals surface area contributed by atoms with Gasteiger partial charge in [0.05, 0.1) is 0 Å². The molecule has 6 aromatic rings. The molecule has 0 aliphatic rings. The zero-order valence-electron chi connectivity index (χ0n) is 16.6. The maximum Gasteiger partial charge on any atom is -0.000560 e. The highest BCUT2D eigenvalue weighted by Crippen LogP contribution is 2.39. The lowest BCUT2D eigenvalue weighted by molar-refractivity contribution is 1.20. The van der Waals surface area contributed by atoms with E-state index in [1.54, 1.807) is 0 Å². The quantitative estimate of drug-likeness (QED) is 0.280. The zero-order chi connectivity index (χ0) is 19.9. The zero-order valence-corrected chi connectivity index (χ0v) is 17.6. The van der Waals surface area contributed by atoms with Gasteiger partial charge < -0.3 is 0 Å². The molecule has 142 valence electrons. The smallest absolute Gasteiger partial charge is 0.000560 e. The number of hydrogen-bond acceptors (Lipinski definition) is 0. The molecule has 0 fully saturated rings. The van der Waals surface area contributed by atoms with Crippen LogP contribution in [-0.4, -0.2) is 0 Å². The lowest BCUT2D eigenvalue weighted by Crippen LogP contribution is -1.89. The van der Waals surface area contributed by atoms with Gasteiger partial charge >= 0.3 is 0 Å². The molecule has 0 N–H and O–H groups in total. The molecule has 5 aromatic carbocycles. The van der Waals surface area contributed by atoms with Gasteiger partial charge in [-0.15, -0.1) is 8.19 Å². The topological polar surface area (TPSA) is 0 Å². The van der Waals surface area contributed by atoms with E-state index >= 15 is 0 Å². The molecule has 30 heavy (non-hydrogen) atoms. The average Bonchev–Trinajstić information content (AvgIpc) is 3.17. The summed E-state index contributed by atoms with van der Waals surface area (Å²) in [6.07, 6.45) is 0.952. The minimum absolute atomic E-state index is 0.775. The van der Waals surface area contributed by atoms with Gasteiger partial charge in [-0.3, -0.25) is 0 Å². The molecule has 0 radical (unpaired) electrons. The van der Waals surface area contributed by atoms with Crippen LogP contribution < -0.4 is 0 Å². The molecule has 0 spiro atoms. The molecular weight excluding hydrogens is 379 g/mol. The number of benzene rings is 5. The van der Waals surface area contributed by atoms with Crippen LogP contribution in [0.25, 0.3) is 42.9 Å². The van der Waals surface area contributed by atoms with Crippen molar-refractivity contribution in [2.75, 3.05) is 0 Å². The second-order valence-electron chi connectivity index (χ2n) is 7.99. The molecule has 0 aliphatic heterocycles. The number of hydrogen-bond donors (Lipinski definition) is 0. The van der Waals surface area contributed by atoms with Crippen molar-refractivity contribution in [2.24, 2.45) is 0 Å². The van der Waals surface area contributed by atoms with Gasteiger partial charge in [0, 0.05) is 0 Å². The van der Waals surface area contributed by atoms with Gasteiger partial charge in [-0.1, -0.05) is 97.1 Å². The molecule has 1 atom stereocenters. The van der Waals surface area contributed by atoms with Crippen LogP contribution in [0.5, 0.6) is 0 Å². The maximum absolute atomic E-state index is 2.38. The van der Waals surface area contributed by atoms with Crippen molar-refractivity contribution in [1.82, 2.24) is 0 Å². The second kappa shape index (κ2) is 7.17. The largest absolute Gasteiger partial charge is 0.123 e. The third kappa shape index (κ3) is 3.11. The Morgan fingerprint density at radius 3 is 2.20 bits per heavy atom. The summed E-state index contributed by atoms with van der Waals surface area (Å²) >= 11 is 0. The van der Waals surface area contributed by atoms with Crippen LogP contribution in [0.2, 0.25) is 0 Å². The Balaban J connectivity index is 1.38. The fourth-order valence-corrected chi connectivity index (χ4v) is 5.80. The number of rotatable bonds is 3. The molecule has 6 rings (SSSR count). The van der Waals surface area contributed by atoms with Crippen molar-refractivity contribution in [2.45, 2.75) is 6.42 Å². The maximum atomic E-state index is 2.38. The molecular formula is C29H21P. The van der Waals surface area contributed by atoms with E-state index in [-0.39, 0.29) is 0 Å². The van der Waals surface area contributed by atoms with E-state index in [0.717, 1.165) is 14.6 Å². The highest BCUT2D eigenvalue weighted by molar-refractivity contribution is 7.43. The van der Waals surface area contributed by atoms with Crippen LogP contribution >= 0.6 is 8.19 Å².